The third-order valence-electron chi connectivity index (χ3n) is 7.19. The number of hydrogen-bond donors (Lipinski definition) is 1. The molecule has 4 aromatic rings. The highest BCUT2D eigenvalue weighted by atomic mass is 16.5. The molecule has 5 heterocycles. The highest BCUT2D eigenvalue weighted by molar-refractivity contribution is 5.97. The van der Waals surface area contributed by atoms with Gasteiger partial charge in [0.05, 0.1) is 18.4 Å². The summed E-state index contributed by atoms with van der Waals surface area (Å²) < 4.78 is 9.79. The molecule has 1 saturated heterocycles. The van der Waals surface area contributed by atoms with E-state index >= 15 is 0 Å². The monoisotopic (exact) mass is 473 g/mol. The van der Waals surface area contributed by atoms with Gasteiger partial charge in [0.15, 0.2) is 11.5 Å². The Morgan fingerprint density at radius 1 is 1.14 bits per heavy atom. The molecule has 0 aromatic carbocycles. The zero-order valence-electron chi connectivity index (χ0n) is 20.3. The van der Waals surface area contributed by atoms with Crippen molar-refractivity contribution in [3.63, 3.8) is 0 Å². The summed E-state index contributed by atoms with van der Waals surface area (Å²) in [6.07, 6.45) is 6.04. The van der Waals surface area contributed by atoms with E-state index in [1.807, 2.05) is 23.1 Å². The van der Waals surface area contributed by atoms with Crippen molar-refractivity contribution in [3.05, 3.63) is 36.0 Å². The van der Waals surface area contributed by atoms with Gasteiger partial charge in [0, 0.05) is 49.9 Å². The van der Waals surface area contributed by atoms with Gasteiger partial charge in [-0.2, -0.15) is 4.98 Å². The molecule has 2 aliphatic rings. The fourth-order valence-electron chi connectivity index (χ4n) is 5.15. The fourth-order valence-corrected chi connectivity index (χ4v) is 5.15. The van der Waals surface area contributed by atoms with Crippen LogP contribution in [0.5, 0.6) is 5.88 Å². The zero-order chi connectivity index (χ0) is 24.1. The van der Waals surface area contributed by atoms with E-state index in [9.17, 15) is 4.79 Å². The van der Waals surface area contributed by atoms with Gasteiger partial charge in [0.25, 0.3) is 5.91 Å². The molecule has 0 spiro atoms. The van der Waals surface area contributed by atoms with Gasteiger partial charge in [-0.25, -0.2) is 9.97 Å². The summed E-state index contributed by atoms with van der Waals surface area (Å²) in [7, 11) is 1.64. The van der Waals surface area contributed by atoms with Crippen LogP contribution in [0.15, 0.2) is 30.5 Å². The number of rotatable bonds is 6. The highest BCUT2D eigenvalue weighted by Crippen LogP contribution is 2.36. The topological polar surface area (TPSA) is 104 Å². The average Bonchev–Trinajstić information content (AvgIpc) is 3.52. The number of nitrogens with zero attached hydrogens (tertiary/aromatic N) is 6. The predicted octanol–water partition coefficient (Wildman–Crippen LogP) is 3.45. The van der Waals surface area contributed by atoms with Gasteiger partial charge in [-0.1, -0.05) is 0 Å². The second-order valence-corrected chi connectivity index (χ2v) is 9.75. The summed E-state index contributed by atoms with van der Waals surface area (Å²) >= 11 is 0. The molecule has 0 unspecified atom stereocenters. The van der Waals surface area contributed by atoms with Crippen LogP contribution in [0.3, 0.4) is 0 Å². The summed E-state index contributed by atoms with van der Waals surface area (Å²) in [6, 6.07) is 8.00. The molecule has 0 radical (unpaired) electrons. The van der Waals surface area contributed by atoms with Crippen LogP contribution in [0.4, 0.5) is 0 Å². The van der Waals surface area contributed by atoms with Crippen molar-refractivity contribution >= 4 is 28.1 Å². The lowest BCUT2D eigenvalue weighted by atomic mass is 10.1. The number of aryl methyl sites for hydroxylation is 1. The van der Waals surface area contributed by atoms with Crippen molar-refractivity contribution < 1.29 is 9.53 Å². The highest BCUT2D eigenvalue weighted by Gasteiger charge is 2.27. The first-order chi connectivity index (χ1) is 17.1. The van der Waals surface area contributed by atoms with E-state index in [-0.39, 0.29) is 11.9 Å². The second-order valence-electron chi connectivity index (χ2n) is 9.75. The van der Waals surface area contributed by atoms with Gasteiger partial charge in [0.1, 0.15) is 11.2 Å². The standard InChI is InChI=1S/C26H31N7O2/c1-3-32-24-20(11-18(13-28-24)26(34)31-10-4-5-19(27)15-31)29-25(32)21-12-17-8-9-22(35-2)30-23(17)33(21)14-16-6-7-16/h8-9,11-13,16,19H,3-7,10,14-15,27H2,1-2H3/t19-/m1/s1. The lowest BCUT2D eigenvalue weighted by Crippen LogP contribution is -2.45. The lowest BCUT2D eigenvalue weighted by Gasteiger charge is -2.30. The van der Waals surface area contributed by atoms with Gasteiger partial charge in [-0.15, -0.1) is 0 Å². The summed E-state index contributed by atoms with van der Waals surface area (Å²) in [5.41, 5.74) is 10.1. The van der Waals surface area contributed by atoms with E-state index in [1.165, 1.54) is 12.8 Å². The van der Waals surface area contributed by atoms with Gasteiger partial charge in [-0.3, -0.25) is 4.79 Å². The maximum absolute atomic E-state index is 13.2. The van der Waals surface area contributed by atoms with Crippen molar-refractivity contribution in [3.8, 4) is 17.4 Å². The minimum Gasteiger partial charge on any atom is -0.481 e. The molecule has 1 atom stereocenters. The van der Waals surface area contributed by atoms with Crippen molar-refractivity contribution in [1.29, 1.82) is 0 Å². The number of likely N-dealkylation sites (tertiary alicyclic amines) is 1. The SMILES string of the molecule is CCn1c(-c2cc3ccc(OC)nc3n2CC2CC2)nc2cc(C(=O)N3CCC[C@@H](N)C3)cnc21. The number of carbonyl (C=O) groups is 1. The minimum atomic E-state index is -0.0266. The molecular formula is C26H31N7O2. The van der Waals surface area contributed by atoms with Crippen LogP contribution in [-0.2, 0) is 13.1 Å². The first-order valence-corrected chi connectivity index (χ1v) is 12.5. The van der Waals surface area contributed by atoms with Gasteiger partial charge < -0.3 is 24.5 Å². The van der Waals surface area contributed by atoms with E-state index in [0.29, 0.717) is 23.9 Å². The molecular weight excluding hydrogens is 442 g/mol. The Morgan fingerprint density at radius 2 is 2.00 bits per heavy atom. The smallest absolute Gasteiger partial charge is 0.255 e. The lowest BCUT2D eigenvalue weighted by molar-refractivity contribution is 0.0708. The zero-order valence-corrected chi connectivity index (χ0v) is 20.3. The Kier molecular flexibility index (Phi) is 5.44. The number of piperidine rings is 1. The Balaban J connectivity index is 1.45. The van der Waals surface area contributed by atoms with Gasteiger partial charge in [-0.05, 0) is 56.7 Å². The summed E-state index contributed by atoms with van der Waals surface area (Å²) in [5.74, 6) is 2.08. The molecule has 4 aromatic heterocycles. The molecule has 2 fully saturated rings. The number of aromatic nitrogens is 5. The van der Waals surface area contributed by atoms with Crippen LogP contribution in [0.25, 0.3) is 33.7 Å². The number of fused-ring (bicyclic) bond motifs is 2. The molecule has 2 N–H and O–H groups in total. The maximum Gasteiger partial charge on any atom is 0.255 e. The third kappa shape index (κ3) is 3.93. The van der Waals surface area contributed by atoms with Crippen LogP contribution in [-0.4, -0.2) is 61.1 Å². The molecule has 1 amide bonds. The van der Waals surface area contributed by atoms with Crippen molar-refractivity contribution in [2.75, 3.05) is 20.2 Å². The molecule has 1 aliphatic heterocycles. The van der Waals surface area contributed by atoms with Crippen LogP contribution < -0.4 is 10.5 Å². The Labute approximate surface area is 203 Å². The van der Waals surface area contributed by atoms with E-state index in [1.54, 1.807) is 13.3 Å². The van der Waals surface area contributed by atoms with Crippen molar-refractivity contribution in [2.24, 2.45) is 11.7 Å². The molecule has 1 aliphatic carbocycles. The minimum absolute atomic E-state index is 0.0266. The predicted molar refractivity (Wildman–Crippen MR) is 134 cm³/mol. The first-order valence-electron chi connectivity index (χ1n) is 12.5. The third-order valence-corrected chi connectivity index (χ3v) is 7.19. The Bertz CT molecular complexity index is 1420. The molecule has 1 saturated carbocycles. The van der Waals surface area contributed by atoms with E-state index in [4.69, 9.17) is 25.4 Å². The summed E-state index contributed by atoms with van der Waals surface area (Å²) in [6.45, 7) is 5.03. The number of ether oxygens (including phenoxy) is 1. The number of pyridine rings is 2. The Hall–Kier alpha value is -3.46. The first kappa shape index (κ1) is 22.0. The normalized spacial score (nSPS) is 18.5. The van der Waals surface area contributed by atoms with Crippen LogP contribution in [0, 0.1) is 5.92 Å². The molecule has 182 valence electrons. The molecule has 6 rings (SSSR count). The summed E-state index contributed by atoms with van der Waals surface area (Å²) in [5, 5.41) is 1.06. The molecule has 0 bridgehead atoms. The van der Waals surface area contributed by atoms with Crippen LogP contribution in [0.1, 0.15) is 43.0 Å². The average molecular weight is 474 g/mol. The van der Waals surface area contributed by atoms with Crippen LogP contribution in [0.2, 0.25) is 0 Å². The van der Waals surface area contributed by atoms with Crippen molar-refractivity contribution in [2.45, 2.75) is 51.7 Å². The Morgan fingerprint density at radius 3 is 2.74 bits per heavy atom. The maximum atomic E-state index is 13.2. The van der Waals surface area contributed by atoms with E-state index in [0.717, 1.165) is 66.2 Å². The van der Waals surface area contributed by atoms with E-state index < -0.39 is 0 Å². The largest absolute Gasteiger partial charge is 0.481 e. The number of amides is 1. The summed E-state index contributed by atoms with van der Waals surface area (Å²) in [4.78, 5) is 29.4. The quantitative estimate of drug-likeness (QED) is 0.460. The number of methoxy groups -OCH3 is 1. The van der Waals surface area contributed by atoms with Crippen LogP contribution >= 0.6 is 0 Å². The molecule has 35 heavy (non-hydrogen) atoms. The second kappa shape index (κ2) is 8.64. The number of imidazole rings is 1. The number of hydrogen-bond acceptors (Lipinski definition) is 6. The van der Waals surface area contributed by atoms with Crippen molar-refractivity contribution in [1.82, 2.24) is 29.0 Å². The number of carbonyl (C=O) groups excluding carboxylic acids is 1. The van der Waals surface area contributed by atoms with Gasteiger partial charge in [0.2, 0.25) is 5.88 Å². The van der Waals surface area contributed by atoms with E-state index in [2.05, 4.69) is 22.1 Å². The fraction of sp³-hybridized carbons (Fsp3) is 0.462. The van der Waals surface area contributed by atoms with Gasteiger partial charge >= 0.3 is 0 Å². The molecule has 9 nitrogen and oxygen atoms in total. The molecule has 9 heteroatoms. The number of nitrogens with two attached hydrogens (primary N) is 1.